The third-order valence-corrected chi connectivity index (χ3v) is 4.29. The van der Waals surface area contributed by atoms with Crippen LogP contribution in [0, 0.1) is 15.5 Å². The van der Waals surface area contributed by atoms with Gasteiger partial charge in [0.25, 0.3) is 5.69 Å². The maximum absolute atomic E-state index is 13.4. The van der Waals surface area contributed by atoms with E-state index in [2.05, 4.69) is 5.43 Å². The van der Waals surface area contributed by atoms with Gasteiger partial charge in [0.05, 0.1) is 10.3 Å². The first-order valence-electron chi connectivity index (χ1n) is 7.89. The van der Waals surface area contributed by atoms with E-state index < -0.39 is 28.5 Å². The van der Waals surface area contributed by atoms with Gasteiger partial charge >= 0.3 is 6.18 Å². The van der Waals surface area contributed by atoms with Crippen LogP contribution in [0.2, 0.25) is 0 Å². The summed E-state index contributed by atoms with van der Waals surface area (Å²) in [6, 6.07) is 4.19. The fraction of sp³-hybridized carbons (Fsp3) is 0.562. The summed E-state index contributed by atoms with van der Waals surface area (Å²) in [5, 5.41) is 11.9. The molecule has 9 heteroatoms. The van der Waals surface area contributed by atoms with Crippen molar-refractivity contribution in [1.82, 2.24) is 10.4 Å². The van der Waals surface area contributed by atoms with Gasteiger partial charge < -0.3 is 0 Å². The molecule has 0 bridgehead atoms. The van der Waals surface area contributed by atoms with E-state index in [0.717, 1.165) is 5.01 Å². The lowest BCUT2D eigenvalue weighted by atomic mass is 9.94. The van der Waals surface area contributed by atoms with Gasteiger partial charge in [-0.05, 0) is 33.1 Å². The summed E-state index contributed by atoms with van der Waals surface area (Å²) in [7, 11) is 0. The number of hydrogen-bond acceptors (Lipinski definition) is 4. The molecule has 1 aromatic rings. The van der Waals surface area contributed by atoms with Crippen molar-refractivity contribution in [2.45, 2.75) is 45.3 Å². The number of amides is 1. The van der Waals surface area contributed by atoms with Gasteiger partial charge in [-0.15, -0.1) is 0 Å². The summed E-state index contributed by atoms with van der Waals surface area (Å²) in [6.45, 7) is 3.13. The number of nitrogens with zero attached hydrogens (tertiary/aromatic N) is 2. The Hall–Kier alpha value is -2.16. The number of nitrogens with one attached hydrogen (secondary N) is 1. The standard InChI is InChI=1S/C16H20F3N3O3/c1-15(2)10-21(20-14(15)23)13(16(17,18)19)9-5-7-11-6-3-4-8-12(11)22(24)25/h3-4,6,8,13H,5,7,9-10H2,1-2H3,(H,20,23)/t13-/m0/s1. The van der Waals surface area contributed by atoms with Crippen molar-refractivity contribution in [3.63, 3.8) is 0 Å². The summed E-state index contributed by atoms with van der Waals surface area (Å²) in [5.41, 5.74) is 1.71. The Morgan fingerprint density at radius 3 is 2.52 bits per heavy atom. The number of aryl methyl sites for hydroxylation is 1. The molecular formula is C16H20F3N3O3. The Balaban J connectivity index is 2.05. The van der Waals surface area contributed by atoms with Crippen molar-refractivity contribution in [2.75, 3.05) is 6.54 Å². The number of para-hydroxylation sites is 1. The minimum Gasteiger partial charge on any atom is -0.288 e. The van der Waals surface area contributed by atoms with Gasteiger partial charge in [-0.1, -0.05) is 18.2 Å². The van der Waals surface area contributed by atoms with Crippen molar-refractivity contribution in [2.24, 2.45) is 5.41 Å². The maximum Gasteiger partial charge on any atom is 0.405 e. The zero-order valence-electron chi connectivity index (χ0n) is 14.0. The summed E-state index contributed by atoms with van der Waals surface area (Å²) in [6.07, 6.45) is -4.49. The van der Waals surface area contributed by atoms with Crippen LogP contribution >= 0.6 is 0 Å². The minimum absolute atomic E-state index is 0.0402. The minimum atomic E-state index is -4.50. The first-order valence-corrected chi connectivity index (χ1v) is 7.89. The van der Waals surface area contributed by atoms with Gasteiger partial charge in [-0.2, -0.15) is 13.2 Å². The van der Waals surface area contributed by atoms with Crippen molar-refractivity contribution in [3.05, 3.63) is 39.9 Å². The van der Waals surface area contributed by atoms with E-state index in [4.69, 9.17) is 0 Å². The molecule has 0 unspecified atom stereocenters. The number of nitro groups is 1. The molecule has 1 aliphatic rings. The monoisotopic (exact) mass is 359 g/mol. The van der Waals surface area contributed by atoms with Gasteiger partial charge in [0.1, 0.15) is 6.04 Å². The highest BCUT2D eigenvalue weighted by molar-refractivity contribution is 5.83. The molecule has 0 aromatic heterocycles. The third kappa shape index (κ3) is 4.47. The second-order valence-electron chi connectivity index (χ2n) is 6.79. The number of hydrazine groups is 1. The highest BCUT2D eigenvalue weighted by atomic mass is 19.4. The van der Waals surface area contributed by atoms with Crippen molar-refractivity contribution in [1.29, 1.82) is 0 Å². The molecule has 6 nitrogen and oxygen atoms in total. The molecule has 25 heavy (non-hydrogen) atoms. The molecule has 138 valence electrons. The van der Waals surface area contributed by atoms with Gasteiger partial charge in [-0.3, -0.25) is 20.3 Å². The molecule has 1 fully saturated rings. The van der Waals surface area contributed by atoms with E-state index >= 15 is 0 Å². The molecule has 1 heterocycles. The normalized spacial score (nSPS) is 18.8. The Bertz CT molecular complexity index is 662. The van der Waals surface area contributed by atoms with Crippen LogP contribution in [0.5, 0.6) is 0 Å². The van der Waals surface area contributed by atoms with Crippen LogP contribution < -0.4 is 5.43 Å². The van der Waals surface area contributed by atoms with E-state index in [1.807, 2.05) is 0 Å². The quantitative estimate of drug-likeness (QED) is 0.625. The Labute approximate surface area is 143 Å². The average molecular weight is 359 g/mol. The second kappa shape index (κ2) is 6.99. The lowest BCUT2D eigenvalue weighted by Gasteiger charge is -2.29. The number of nitro benzene ring substituents is 1. The summed E-state index contributed by atoms with van der Waals surface area (Å²) < 4.78 is 40.1. The number of rotatable bonds is 6. The molecule has 0 spiro atoms. The summed E-state index contributed by atoms with van der Waals surface area (Å²) in [4.78, 5) is 22.2. The zero-order valence-corrected chi connectivity index (χ0v) is 14.0. The Morgan fingerprint density at radius 1 is 1.36 bits per heavy atom. The van der Waals surface area contributed by atoms with Crippen molar-refractivity contribution in [3.8, 4) is 0 Å². The topological polar surface area (TPSA) is 75.5 Å². The number of halogens is 3. The highest BCUT2D eigenvalue weighted by Gasteiger charge is 2.49. The van der Waals surface area contributed by atoms with Gasteiger partial charge in [0.2, 0.25) is 5.91 Å². The predicted molar refractivity (Wildman–Crippen MR) is 84.5 cm³/mol. The molecule has 0 aliphatic carbocycles. The molecule has 2 rings (SSSR count). The van der Waals surface area contributed by atoms with Crippen LogP contribution in [0.1, 0.15) is 32.3 Å². The fourth-order valence-electron chi connectivity index (χ4n) is 2.89. The fourth-order valence-corrected chi connectivity index (χ4v) is 2.89. The highest BCUT2D eigenvalue weighted by Crippen LogP contribution is 2.33. The van der Waals surface area contributed by atoms with Crippen LogP contribution in [0.15, 0.2) is 24.3 Å². The molecule has 1 aliphatic heterocycles. The smallest absolute Gasteiger partial charge is 0.288 e. The largest absolute Gasteiger partial charge is 0.405 e. The predicted octanol–water partition coefficient (Wildman–Crippen LogP) is 3.22. The Kier molecular flexibility index (Phi) is 5.36. The van der Waals surface area contributed by atoms with Gasteiger partial charge in [-0.25, -0.2) is 5.01 Å². The van der Waals surface area contributed by atoms with E-state index in [0.29, 0.717) is 5.56 Å². The number of benzene rings is 1. The van der Waals surface area contributed by atoms with Crippen LogP contribution in [-0.2, 0) is 11.2 Å². The number of carbonyl (C=O) groups excluding carboxylic acids is 1. The van der Waals surface area contributed by atoms with Crippen LogP contribution in [0.25, 0.3) is 0 Å². The van der Waals surface area contributed by atoms with E-state index in [9.17, 15) is 28.1 Å². The van der Waals surface area contributed by atoms with Gasteiger partial charge in [0.15, 0.2) is 0 Å². The first-order chi connectivity index (χ1) is 11.5. The number of alkyl halides is 3. The van der Waals surface area contributed by atoms with Crippen LogP contribution in [0.3, 0.4) is 0 Å². The lowest BCUT2D eigenvalue weighted by molar-refractivity contribution is -0.385. The molecule has 1 aromatic carbocycles. The third-order valence-electron chi connectivity index (χ3n) is 4.29. The average Bonchev–Trinajstić information content (AvgIpc) is 2.75. The molecule has 1 amide bonds. The van der Waals surface area contributed by atoms with E-state index in [1.165, 1.54) is 12.1 Å². The number of carbonyl (C=O) groups is 1. The molecule has 0 radical (unpaired) electrons. The van der Waals surface area contributed by atoms with Crippen molar-refractivity contribution >= 4 is 11.6 Å². The van der Waals surface area contributed by atoms with Gasteiger partial charge in [0, 0.05) is 18.2 Å². The van der Waals surface area contributed by atoms with E-state index in [-0.39, 0.29) is 31.5 Å². The SMILES string of the molecule is CC1(C)CN([C@@H](CCCc2ccccc2[N+](=O)[O-])C(F)(F)F)NC1=O. The molecule has 1 atom stereocenters. The van der Waals surface area contributed by atoms with Crippen LogP contribution in [0.4, 0.5) is 18.9 Å². The summed E-state index contributed by atoms with van der Waals surface area (Å²) >= 11 is 0. The maximum atomic E-state index is 13.4. The molecule has 1 N–H and O–H groups in total. The second-order valence-corrected chi connectivity index (χ2v) is 6.79. The summed E-state index contributed by atoms with van der Waals surface area (Å²) in [5.74, 6) is -0.444. The lowest BCUT2D eigenvalue weighted by Crippen LogP contribution is -2.50. The van der Waals surface area contributed by atoms with Crippen LogP contribution in [-0.4, -0.2) is 34.6 Å². The van der Waals surface area contributed by atoms with E-state index in [1.54, 1.807) is 26.0 Å². The molecular weight excluding hydrogens is 339 g/mol. The Morgan fingerprint density at radius 2 is 2.00 bits per heavy atom. The molecule has 0 saturated carbocycles. The number of hydrogen-bond donors (Lipinski definition) is 1. The first kappa shape index (κ1) is 19.2. The molecule has 1 saturated heterocycles. The zero-order chi connectivity index (χ0) is 18.8. The van der Waals surface area contributed by atoms with Crippen molar-refractivity contribution < 1.29 is 22.9 Å².